The summed E-state index contributed by atoms with van der Waals surface area (Å²) in [6.07, 6.45) is 0. The molecule has 0 aromatic carbocycles. The van der Waals surface area contributed by atoms with Crippen molar-refractivity contribution in [2.45, 2.75) is 19.2 Å². The summed E-state index contributed by atoms with van der Waals surface area (Å²) in [4.78, 5) is 13.1. The standard InChI is InChI=1S/C8H15NOS/c1-6(2)8(10)11-7(3)9(4)5/h7H,1H2,2-5H3. The van der Waals surface area contributed by atoms with E-state index in [1.807, 2.05) is 25.9 Å². The van der Waals surface area contributed by atoms with Crippen molar-refractivity contribution in [3.05, 3.63) is 12.2 Å². The monoisotopic (exact) mass is 173 g/mol. The molecule has 0 saturated carbocycles. The fraction of sp³-hybridized carbons (Fsp3) is 0.625. The van der Waals surface area contributed by atoms with Crippen LogP contribution in [0.2, 0.25) is 0 Å². The fourth-order valence-electron chi connectivity index (χ4n) is 0.361. The average Bonchev–Trinajstić information content (AvgIpc) is 1.87. The van der Waals surface area contributed by atoms with Gasteiger partial charge in [-0.1, -0.05) is 18.3 Å². The van der Waals surface area contributed by atoms with Gasteiger partial charge in [-0.3, -0.25) is 9.69 Å². The van der Waals surface area contributed by atoms with Crippen LogP contribution in [0.25, 0.3) is 0 Å². The molecule has 64 valence electrons. The molecule has 2 nitrogen and oxygen atoms in total. The molecule has 0 aliphatic rings. The van der Waals surface area contributed by atoms with Gasteiger partial charge in [0.05, 0.1) is 5.37 Å². The number of carbonyl (C=O) groups excluding carboxylic acids is 1. The highest BCUT2D eigenvalue weighted by atomic mass is 32.2. The second kappa shape index (κ2) is 4.57. The van der Waals surface area contributed by atoms with Crippen LogP contribution in [0.4, 0.5) is 0 Å². The van der Waals surface area contributed by atoms with Gasteiger partial charge < -0.3 is 0 Å². The predicted molar refractivity (Wildman–Crippen MR) is 50.6 cm³/mol. The highest BCUT2D eigenvalue weighted by Gasteiger charge is 2.11. The van der Waals surface area contributed by atoms with Crippen molar-refractivity contribution in [2.24, 2.45) is 0 Å². The topological polar surface area (TPSA) is 20.3 Å². The fourth-order valence-corrected chi connectivity index (χ4v) is 1.08. The van der Waals surface area contributed by atoms with Crippen LogP contribution >= 0.6 is 11.8 Å². The van der Waals surface area contributed by atoms with Gasteiger partial charge in [0.25, 0.3) is 0 Å². The number of nitrogens with zero attached hydrogens (tertiary/aromatic N) is 1. The summed E-state index contributed by atoms with van der Waals surface area (Å²) in [5.74, 6) is 0. The predicted octanol–water partition coefficient (Wildman–Crippen LogP) is 1.73. The van der Waals surface area contributed by atoms with Crippen LogP contribution in [0.3, 0.4) is 0 Å². The van der Waals surface area contributed by atoms with E-state index in [1.54, 1.807) is 6.92 Å². The second-order valence-electron chi connectivity index (χ2n) is 2.75. The first kappa shape index (κ1) is 10.7. The highest BCUT2D eigenvalue weighted by molar-refractivity contribution is 8.14. The second-order valence-corrected chi connectivity index (χ2v) is 4.04. The lowest BCUT2D eigenvalue weighted by Gasteiger charge is -2.17. The van der Waals surface area contributed by atoms with Crippen molar-refractivity contribution in [2.75, 3.05) is 14.1 Å². The summed E-state index contributed by atoms with van der Waals surface area (Å²) in [6, 6.07) is 0. The Morgan fingerprint density at radius 1 is 1.55 bits per heavy atom. The normalized spacial score (nSPS) is 13.2. The van der Waals surface area contributed by atoms with E-state index in [0.29, 0.717) is 5.57 Å². The van der Waals surface area contributed by atoms with Crippen molar-refractivity contribution < 1.29 is 4.79 Å². The van der Waals surface area contributed by atoms with Gasteiger partial charge in [0, 0.05) is 0 Å². The molecule has 0 rings (SSSR count). The summed E-state index contributed by atoms with van der Waals surface area (Å²) < 4.78 is 0. The summed E-state index contributed by atoms with van der Waals surface area (Å²) in [5.41, 5.74) is 0.615. The number of thioether (sulfide) groups is 1. The van der Waals surface area contributed by atoms with Crippen molar-refractivity contribution in [3.63, 3.8) is 0 Å². The summed E-state index contributed by atoms with van der Waals surface area (Å²) in [5, 5.41) is 0.297. The van der Waals surface area contributed by atoms with Crippen LogP contribution in [0.15, 0.2) is 12.2 Å². The van der Waals surface area contributed by atoms with Crippen molar-refractivity contribution in [1.82, 2.24) is 4.90 Å². The van der Waals surface area contributed by atoms with Gasteiger partial charge in [0.2, 0.25) is 5.12 Å². The molecule has 0 aromatic rings. The maximum Gasteiger partial charge on any atom is 0.215 e. The largest absolute Gasteiger partial charge is 0.297 e. The van der Waals surface area contributed by atoms with Gasteiger partial charge in [-0.05, 0) is 33.5 Å². The molecular formula is C8H15NOS. The van der Waals surface area contributed by atoms with E-state index in [1.165, 1.54) is 11.8 Å². The molecule has 0 aromatic heterocycles. The van der Waals surface area contributed by atoms with Gasteiger partial charge in [-0.15, -0.1) is 0 Å². The minimum absolute atomic E-state index is 0.0752. The van der Waals surface area contributed by atoms with Crippen LogP contribution in [0.5, 0.6) is 0 Å². The molecule has 0 aliphatic carbocycles. The quantitative estimate of drug-likeness (QED) is 0.479. The van der Waals surface area contributed by atoms with E-state index in [0.717, 1.165) is 0 Å². The van der Waals surface area contributed by atoms with Crippen molar-refractivity contribution >= 4 is 16.9 Å². The molecule has 1 atom stereocenters. The smallest absolute Gasteiger partial charge is 0.215 e. The molecule has 0 aliphatic heterocycles. The van der Waals surface area contributed by atoms with Gasteiger partial charge in [0.1, 0.15) is 0 Å². The molecule has 0 bridgehead atoms. The molecule has 0 spiro atoms. The number of hydrogen-bond donors (Lipinski definition) is 0. The number of carbonyl (C=O) groups is 1. The Labute approximate surface area is 72.6 Å². The molecule has 0 N–H and O–H groups in total. The molecule has 3 heteroatoms. The first-order valence-electron chi connectivity index (χ1n) is 3.48. The Kier molecular flexibility index (Phi) is 4.45. The first-order valence-corrected chi connectivity index (χ1v) is 4.36. The molecule has 0 heterocycles. The molecule has 0 fully saturated rings. The van der Waals surface area contributed by atoms with Crippen LogP contribution in [0.1, 0.15) is 13.8 Å². The lowest BCUT2D eigenvalue weighted by molar-refractivity contribution is -0.107. The molecule has 11 heavy (non-hydrogen) atoms. The molecule has 0 radical (unpaired) electrons. The van der Waals surface area contributed by atoms with E-state index in [4.69, 9.17) is 0 Å². The molecular weight excluding hydrogens is 158 g/mol. The summed E-state index contributed by atoms with van der Waals surface area (Å²) in [6.45, 7) is 7.30. The zero-order valence-electron chi connectivity index (χ0n) is 7.55. The third kappa shape index (κ3) is 4.22. The Balaban J connectivity index is 3.85. The maximum atomic E-state index is 11.1. The summed E-state index contributed by atoms with van der Waals surface area (Å²) >= 11 is 1.30. The van der Waals surface area contributed by atoms with Gasteiger partial charge in [-0.2, -0.15) is 0 Å². The Morgan fingerprint density at radius 2 is 2.00 bits per heavy atom. The summed E-state index contributed by atoms with van der Waals surface area (Å²) in [7, 11) is 3.90. The van der Waals surface area contributed by atoms with E-state index in [2.05, 4.69) is 6.58 Å². The minimum atomic E-state index is 0.0752. The van der Waals surface area contributed by atoms with Gasteiger partial charge in [-0.25, -0.2) is 0 Å². The Hall–Kier alpha value is -0.280. The molecule has 0 amide bonds. The third-order valence-corrected chi connectivity index (χ3v) is 2.68. The van der Waals surface area contributed by atoms with Crippen molar-refractivity contribution in [3.8, 4) is 0 Å². The van der Waals surface area contributed by atoms with Crippen LogP contribution in [-0.2, 0) is 4.79 Å². The van der Waals surface area contributed by atoms with E-state index >= 15 is 0 Å². The number of hydrogen-bond acceptors (Lipinski definition) is 3. The van der Waals surface area contributed by atoms with Crippen molar-refractivity contribution in [1.29, 1.82) is 0 Å². The zero-order chi connectivity index (χ0) is 9.02. The lowest BCUT2D eigenvalue weighted by Crippen LogP contribution is -2.22. The van der Waals surface area contributed by atoms with E-state index < -0.39 is 0 Å². The SMILES string of the molecule is C=C(C)C(=O)SC(C)N(C)C. The minimum Gasteiger partial charge on any atom is -0.297 e. The first-order chi connectivity index (χ1) is 4.95. The zero-order valence-corrected chi connectivity index (χ0v) is 8.36. The van der Waals surface area contributed by atoms with E-state index in [9.17, 15) is 4.79 Å². The van der Waals surface area contributed by atoms with Crippen LogP contribution in [0, 0.1) is 0 Å². The highest BCUT2D eigenvalue weighted by Crippen LogP contribution is 2.16. The Bertz CT molecular complexity index is 165. The van der Waals surface area contributed by atoms with Gasteiger partial charge >= 0.3 is 0 Å². The molecule has 1 unspecified atom stereocenters. The third-order valence-electron chi connectivity index (χ3n) is 1.35. The Morgan fingerprint density at radius 3 is 2.27 bits per heavy atom. The maximum absolute atomic E-state index is 11.1. The van der Waals surface area contributed by atoms with Crippen LogP contribution in [-0.4, -0.2) is 29.5 Å². The lowest BCUT2D eigenvalue weighted by atomic mass is 10.4. The van der Waals surface area contributed by atoms with Gasteiger partial charge in [0.15, 0.2) is 0 Å². The molecule has 0 saturated heterocycles. The number of rotatable bonds is 3. The van der Waals surface area contributed by atoms with Crippen LogP contribution < -0.4 is 0 Å². The average molecular weight is 173 g/mol. The van der Waals surface area contributed by atoms with E-state index in [-0.39, 0.29) is 10.5 Å².